The predicted molar refractivity (Wildman–Crippen MR) is 72.9 cm³/mol. The summed E-state index contributed by atoms with van der Waals surface area (Å²) in [5.41, 5.74) is 5.03. The van der Waals surface area contributed by atoms with Gasteiger partial charge in [0, 0.05) is 18.0 Å². The molecule has 5 nitrogen and oxygen atoms in total. The minimum absolute atomic E-state index is 0. The highest BCUT2D eigenvalue weighted by atomic mass is 35.5. The molecule has 3 aromatic heterocycles. The lowest BCUT2D eigenvalue weighted by Gasteiger charge is -2.11. The van der Waals surface area contributed by atoms with Crippen molar-refractivity contribution in [3.8, 4) is 11.4 Å². The number of nitrogens with zero attached hydrogens (tertiary/aromatic N) is 4. The van der Waals surface area contributed by atoms with E-state index >= 15 is 0 Å². The third-order valence-corrected chi connectivity index (χ3v) is 2.75. The largest absolute Gasteiger partial charge is 0.418 e. The van der Waals surface area contributed by atoms with Crippen molar-refractivity contribution in [3.63, 3.8) is 0 Å². The minimum Gasteiger partial charge on any atom is -0.384 e. The van der Waals surface area contributed by atoms with Gasteiger partial charge in [-0.25, -0.2) is 14.5 Å². The zero-order valence-electron chi connectivity index (χ0n) is 10.4. The number of aromatic nitrogens is 4. The van der Waals surface area contributed by atoms with Crippen LogP contribution in [0.1, 0.15) is 5.56 Å². The lowest BCUT2D eigenvalue weighted by atomic mass is 10.1. The van der Waals surface area contributed by atoms with Crippen molar-refractivity contribution < 1.29 is 13.2 Å². The Hall–Kier alpha value is -2.35. The highest BCUT2D eigenvalue weighted by Gasteiger charge is 2.35. The highest BCUT2D eigenvalue weighted by molar-refractivity contribution is 5.85. The summed E-state index contributed by atoms with van der Waals surface area (Å²) in [5, 5.41) is 4.04. The van der Waals surface area contributed by atoms with Crippen LogP contribution in [0.25, 0.3) is 16.9 Å². The SMILES string of the molecule is Cl.Nc1cc(-c2ncc3cccn3n2)c(C(F)(F)F)cn1. The Morgan fingerprint density at radius 1 is 1.14 bits per heavy atom. The smallest absolute Gasteiger partial charge is 0.384 e. The van der Waals surface area contributed by atoms with E-state index in [0.29, 0.717) is 11.7 Å². The van der Waals surface area contributed by atoms with Crippen molar-refractivity contribution in [1.29, 1.82) is 0 Å². The molecule has 0 saturated carbocycles. The molecule has 0 atom stereocenters. The van der Waals surface area contributed by atoms with Crippen molar-refractivity contribution in [2.24, 2.45) is 0 Å². The molecule has 3 heterocycles. The number of nitrogens with two attached hydrogens (primary N) is 1. The van der Waals surface area contributed by atoms with Crippen LogP contribution in [0, 0.1) is 0 Å². The molecule has 0 aliphatic carbocycles. The predicted octanol–water partition coefficient (Wildman–Crippen LogP) is 2.81. The van der Waals surface area contributed by atoms with Crippen LogP contribution in [0.15, 0.2) is 36.8 Å². The van der Waals surface area contributed by atoms with Crippen molar-refractivity contribution in [1.82, 2.24) is 19.6 Å². The van der Waals surface area contributed by atoms with E-state index in [9.17, 15) is 13.2 Å². The number of hydrogen-bond donors (Lipinski definition) is 1. The molecule has 2 N–H and O–H groups in total. The molecular weight excluding hydrogens is 307 g/mol. The summed E-state index contributed by atoms with van der Waals surface area (Å²) in [6, 6.07) is 4.59. The second-order valence-corrected chi connectivity index (χ2v) is 4.11. The van der Waals surface area contributed by atoms with Gasteiger partial charge in [0.05, 0.1) is 17.3 Å². The Labute approximate surface area is 123 Å². The number of hydrogen-bond acceptors (Lipinski definition) is 4. The Balaban J connectivity index is 0.00000161. The molecule has 0 bridgehead atoms. The monoisotopic (exact) mass is 315 g/mol. The summed E-state index contributed by atoms with van der Waals surface area (Å²) in [6.45, 7) is 0. The number of rotatable bonds is 1. The van der Waals surface area contributed by atoms with Gasteiger partial charge in [-0.3, -0.25) is 0 Å². The number of nitrogen functional groups attached to an aromatic ring is 1. The second-order valence-electron chi connectivity index (χ2n) is 4.11. The summed E-state index contributed by atoms with van der Waals surface area (Å²) >= 11 is 0. The van der Waals surface area contributed by atoms with Crippen molar-refractivity contribution in [2.75, 3.05) is 5.73 Å². The number of alkyl halides is 3. The van der Waals surface area contributed by atoms with Crippen LogP contribution in [0.4, 0.5) is 19.0 Å². The first-order chi connectivity index (χ1) is 9.45. The summed E-state index contributed by atoms with van der Waals surface area (Å²) in [4.78, 5) is 7.43. The fourth-order valence-corrected chi connectivity index (χ4v) is 1.84. The Morgan fingerprint density at radius 2 is 1.90 bits per heavy atom. The molecule has 21 heavy (non-hydrogen) atoms. The average molecular weight is 316 g/mol. The first-order valence-corrected chi connectivity index (χ1v) is 5.58. The zero-order valence-corrected chi connectivity index (χ0v) is 11.2. The van der Waals surface area contributed by atoms with Gasteiger partial charge in [0.15, 0.2) is 5.82 Å². The fraction of sp³-hybridized carbons (Fsp3) is 0.0833. The number of anilines is 1. The molecule has 3 aromatic rings. The molecule has 0 aromatic carbocycles. The molecule has 0 amide bonds. The van der Waals surface area contributed by atoms with E-state index in [-0.39, 0.29) is 29.6 Å². The van der Waals surface area contributed by atoms with Crippen LogP contribution >= 0.6 is 12.4 Å². The normalized spacial score (nSPS) is 11.4. The van der Waals surface area contributed by atoms with Gasteiger partial charge in [0.25, 0.3) is 0 Å². The topological polar surface area (TPSA) is 69.1 Å². The second kappa shape index (κ2) is 5.21. The van der Waals surface area contributed by atoms with Gasteiger partial charge in [-0.1, -0.05) is 0 Å². The molecule has 110 valence electrons. The van der Waals surface area contributed by atoms with Gasteiger partial charge in [0.1, 0.15) is 5.82 Å². The maximum atomic E-state index is 13.0. The van der Waals surface area contributed by atoms with E-state index in [1.165, 1.54) is 10.7 Å². The minimum atomic E-state index is -4.55. The number of pyridine rings is 1. The van der Waals surface area contributed by atoms with Crippen molar-refractivity contribution in [2.45, 2.75) is 6.18 Å². The third kappa shape index (κ3) is 2.75. The van der Waals surface area contributed by atoms with Gasteiger partial charge in [-0.2, -0.15) is 13.2 Å². The number of fused-ring (bicyclic) bond motifs is 1. The lowest BCUT2D eigenvalue weighted by Crippen LogP contribution is -2.10. The van der Waals surface area contributed by atoms with Gasteiger partial charge in [0.2, 0.25) is 0 Å². The molecule has 0 fully saturated rings. The average Bonchev–Trinajstić information content (AvgIpc) is 2.84. The van der Waals surface area contributed by atoms with Crippen molar-refractivity contribution >= 4 is 23.7 Å². The van der Waals surface area contributed by atoms with Gasteiger partial charge < -0.3 is 5.73 Å². The Morgan fingerprint density at radius 3 is 2.62 bits per heavy atom. The van der Waals surface area contributed by atoms with Crippen LogP contribution in [-0.4, -0.2) is 19.6 Å². The highest BCUT2D eigenvalue weighted by Crippen LogP contribution is 2.35. The first kappa shape index (κ1) is 15.0. The number of halogens is 4. The third-order valence-electron chi connectivity index (χ3n) is 2.75. The van der Waals surface area contributed by atoms with Crippen LogP contribution in [0.2, 0.25) is 0 Å². The maximum Gasteiger partial charge on any atom is 0.418 e. The molecule has 9 heteroatoms. The summed E-state index contributed by atoms with van der Waals surface area (Å²) < 4.78 is 40.4. The summed E-state index contributed by atoms with van der Waals surface area (Å²) in [5.74, 6) is -0.0840. The van der Waals surface area contributed by atoms with E-state index < -0.39 is 11.7 Å². The van der Waals surface area contributed by atoms with Gasteiger partial charge in [-0.05, 0) is 18.2 Å². The zero-order chi connectivity index (χ0) is 14.3. The lowest BCUT2D eigenvalue weighted by molar-refractivity contribution is -0.137. The van der Waals surface area contributed by atoms with Crippen LogP contribution in [-0.2, 0) is 6.18 Å². The fourth-order valence-electron chi connectivity index (χ4n) is 1.84. The Kier molecular flexibility index (Phi) is 3.73. The van der Waals surface area contributed by atoms with Crippen LogP contribution in [0.5, 0.6) is 0 Å². The quantitative estimate of drug-likeness (QED) is 0.749. The molecule has 0 aliphatic rings. The molecule has 3 rings (SSSR count). The van der Waals surface area contributed by atoms with Crippen molar-refractivity contribution in [3.05, 3.63) is 42.4 Å². The molecule has 0 unspecified atom stereocenters. The van der Waals surface area contributed by atoms with Crippen LogP contribution < -0.4 is 5.73 Å². The molecule has 0 spiro atoms. The Bertz CT molecular complexity index is 784. The first-order valence-electron chi connectivity index (χ1n) is 5.58. The molecular formula is C12H9ClF3N5. The van der Waals surface area contributed by atoms with E-state index in [2.05, 4.69) is 15.1 Å². The molecule has 0 saturated heterocycles. The molecule has 0 aliphatic heterocycles. The van der Waals surface area contributed by atoms with E-state index in [1.54, 1.807) is 18.3 Å². The molecule has 0 radical (unpaired) electrons. The van der Waals surface area contributed by atoms with Gasteiger partial charge >= 0.3 is 6.18 Å². The van der Waals surface area contributed by atoms with E-state index in [0.717, 1.165) is 6.07 Å². The summed E-state index contributed by atoms with van der Waals surface area (Å²) in [6.07, 6.45) is -0.795. The van der Waals surface area contributed by atoms with Gasteiger partial charge in [-0.15, -0.1) is 17.5 Å². The van der Waals surface area contributed by atoms with E-state index in [1.807, 2.05) is 0 Å². The maximum absolute atomic E-state index is 13.0. The summed E-state index contributed by atoms with van der Waals surface area (Å²) in [7, 11) is 0. The standard InChI is InChI=1S/C12H8F3N5.ClH/c13-12(14,15)9-6-17-10(16)4-8(9)11-18-5-7-2-1-3-20(7)19-11;/h1-6H,(H2,16,17);1H. The van der Waals surface area contributed by atoms with Crippen LogP contribution in [0.3, 0.4) is 0 Å². The van der Waals surface area contributed by atoms with E-state index in [4.69, 9.17) is 5.73 Å².